The van der Waals surface area contributed by atoms with Gasteiger partial charge < -0.3 is 14.4 Å². The van der Waals surface area contributed by atoms with E-state index in [1.165, 1.54) is 12.1 Å². The lowest BCUT2D eigenvalue weighted by Gasteiger charge is -2.29. The van der Waals surface area contributed by atoms with Gasteiger partial charge in [0.05, 0.1) is 14.2 Å². The molecule has 2 aromatic rings. The van der Waals surface area contributed by atoms with Crippen molar-refractivity contribution < 1.29 is 18.7 Å². The Bertz CT molecular complexity index is 878. The van der Waals surface area contributed by atoms with Crippen LogP contribution in [0.1, 0.15) is 37.8 Å². The number of benzene rings is 2. The quantitative estimate of drug-likeness (QED) is 0.571. The monoisotopic (exact) mass is 442 g/mol. The summed E-state index contributed by atoms with van der Waals surface area (Å²) in [5, 5.41) is 0. The van der Waals surface area contributed by atoms with Crippen molar-refractivity contribution in [2.75, 3.05) is 40.4 Å². The smallest absolute Gasteiger partial charge is 0.219 e. The second kappa shape index (κ2) is 10.8. The number of rotatable bonds is 9. The second-order valence-electron chi connectivity index (χ2n) is 9.15. The zero-order valence-corrected chi connectivity index (χ0v) is 19.8. The van der Waals surface area contributed by atoms with Crippen molar-refractivity contribution in [3.8, 4) is 11.5 Å². The number of amides is 1. The number of methoxy groups -OCH3 is 2. The minimum Gasteiger partial charge on any atom is -0.497 e. The number of halogens is 1. The molecule has 1 heterocycles. The van der Waals surface area contributed by atoms with Crippen molar-refractivity contribution in [3.05, 3.63) is 59.4 Å². The maximum absolute atomic E-state index is 13.6. The summed E-state index contributed by atoms with van der Waals surface area (Å²) in [6, 6.07) is 12.7. The standard InChI is InChI=1S/C26H35FN2O3/c1-18(2)13-29(19(3)30)16-22-15-28(17-26(22)21-6-8-23(27)9-7-21)14-20-10-24(31-4)12-25(11-20)32-5/h6-12,18,22,26H,13-17H2,1-5H3. The molecule has 3 rings (SSSR count). The van der Waals surface area contributed by atoms with E-state index >= 15 is 0 Å². The normalized spacial score (nSPS) is 18.7. The molecule has 5 nitrogen and oxygen atoms in total. The van der Waals surface area contributed by atoms with Crippen LogP contribution < -0.4 is 9.47 Å². The lowest BCUT2D eigenvalue weighted by atomic mass is 9.88. The van der Waals surface area contributed by atoms with Crippen molar-refractivity contribution in [1.82, 2.24) is 9.80 Å². The first kappa shape index (κ1) is 24.1. The van der Waals surface area contributed by atoms with Crippen molar-refractivity contribution in [2.45, 2.75) is 33.2 Å². The summed E-state index contributed by atoms with van der Waals surface area (Å²) in [7, 11) is 3.31. The highest BCUT2D eigenvalue weighted by Crippen LogP contribution is 2.35. The van der Waals surface area contributed by atoms with E-state index in [4.69, 9.17) is 9.47 Å². The molecule has 1 aliphatic rings. The first-order valence-corrected chi connectivity index (χ1v) is 11.2. The summed E-state index contributed by atoms with van der Waals surface area (Å²) in [6.07, 6.45) is 0. The van der Waals surface area contributed by atoms with Crippen LogP contribution in [0, 0.1) is 17.7 Å². The molecular weight excluding hydrogens is 407 g/mol. The number of ether oxygens (including phenoxy) is 2. The molecule has 1 fully saturated rings. The molecule has 2 atom stereocenters. The molecule has 2 unspecified atom stereocenters. The zero-order valence-electron chi connectivity index (χ0n) is 19.8. The molecule has 0 aromatic heterocycles. The van der Waals surface area contributed by atoms with E-state index in [1.807, 2.05) is 35.2 Å². The molecule has 2 aromatic carbocycles. The first-order valence-electron chi connectivity index (χ1n) is 11.2. The molecule has 1 aliphatic heterocycles. The Morgan fingerprint density at radius 1 is 1.09 bits per heavy atom. The van der Waals surface area contributed by atoms with Gasteiger partial charge in [-0.2, -0.15) is 0 Å². The van der Waals surface area contributed by atoms with Gasteiger partial charge in [0, 0.05) is 51.6 Å². The molecule has 0 aliphatic carbocycles. The Hall–Kier alpha value is -2.60. The molecular formula is C26H35FN2O3. The highest BCUT2D eigenvalue weighted by Gasteiger charge is 2.35. The van der Waals surface area contributed by atoms with Gasteiger partial charge in [-0.1, -0.05) is 26.0 Å². The summed E-state index contributed by atoms with van der Waals surface area (Å²) in [5.41, 5.74) is 2.24. The van der Waals surface area contributed by atoms with Crippen molar-refractivity contribution in [1.29, 1.82) is 0 Å². The molecule has 1 saturated heterocycles. The fraction of sp³-hybridized carbons (Fsp3) is 0.500. The summed E-state index contributed by atoms with van der Waals surface area (Å²) < 4.78 is 24.4. The van der Waals surface area contributed by atoms with Crippen LogP contribution in [0.2, 0.25) is 0 Å². The fourth-order valence-corrected chi connectivity index (χ4v) is 4.63. The van der Waals surface area contributed by atoms with Gasteiger partial charge in [-0.05, 0) is 47.2 Å². The Balaban J connectivity index is 1.82. The first-order chi connectivity index (χ1) is 15.3. The fourth-order valence-electron chi connectivity index (χ4n) is 4.63. The molecule has 1 amide bonds. The number of hydrogen-bond acceptors (Lipinski definition) is 4. The predicted molar refractivity (Wildman–Crippen MR) is 125 cm³/mol. The summed E-state index contributed by atoms with van der Waals surface area (Å²) in [6.45, 7) is 9.82. The largest absolute Gasteiger partial charge is 0.497 e. The summed E-state index contributed by atoms with van der Waals surface area (Å²) in [4.78, 5) is 16.7. The van der Waals surface area contributed by atoms with Crippen LogP contribution in [0.4, 0.5) is 4.39 Å². The van der Waals surface area contributed by atoms with Crippen LogP contribution in [0.15, 0.2) is 42.5 Å². The van der Waals surface area contributed by atoms with Crippen LogP contribution in [0.5, 0.6) is 11.5 Å². The van der Waals surface area contributed by atoms with Crippen LogP contribution in [-0.2, 0) is 11.3 Å². The van der Waals surface area contributed by atoms with Gasteiger partial charge in [-0.3, -0.25) is 9.69 Å². The van der Waals surface area contributed by atoms with Crippen LogP contribution in [0.3, 0.4) is 0 Å². The number of nitrogens with zero attached hydrogens (tertiary/aromatic N) is 2. The van der Waals surface area contributed by atoms with Gasteiger partial charge in [-0.25, -0.2) is 4.39 Å². The highest BCUT2D eigenvalue weighted by molar-refractivity contribution is 5.73. The summed E-state index contributed by atoms with van der Waals surface area (Å²) in [5.74, 6) is 2.33. The van der Waals surface area contributed by atoms with E-state index < -0.39 is 0 Å². The van der Waals surface area contributed by atoms with Gasteiger partial charge in [0.1, 0.15) is 17.3 Å². The van der Waals surface area contributed by atoms with Crippen LogP contribution in [0.25, 0.3) is 0 Å². The van der Waals surface area contributed by atoms with Crippen molar-refractivity contribution in [2.24, 2.45) is 11.8 Å². The predicted octanol–water partition coefficient (Wildman–Crippen LogP) is 4.56. The Morgan fingerprint density at radius 2 is 1.72 bits per heavy atom. The molecule has 0 radical (unpaired) electrons. The van der Waals surface area contributed by atoms with Gasteiger partial charge in [-0.15, -0.1) is 0 Å². The number of likely N-dealkylation sites (tertiary alicyclic amines) is 1. The van der Waals surface area contributed by atoms with Crippen LogP contribution in [-0.4, -0.2) is 56.1 Å². The molecule has 0 bridgehead atoms. The van der Waals surface area contributed by atoms with Gasteiger partial charge in [0.15, 0.2) is 0 Å². The van der Waals surface area contributed by atoms with E-state index in [-0.39, 0.29) is 23.6 Å². The third kappa shape index (κ3) is 6.22. The van der Waals surface area contributed by atoms with Crippen molar-refractivity contribution >= 4 is 5.91 Å². The second-order valence-corrected chi connectivity index (χ2v) is 9.15. The maximum atomic E-state index is 13.6. The Kier molecular flexibility index (Phi) is 8.13. The summed E-state index contributed by atoms with van der Waals surface area (Å²) >= 11 is 0. The third-order valence-corrected chi connectivity index (χ3v) is 6.12. The van der Waals surface area contributed by atoms with Gasteiger partial charge >= 0.3 is 0 Å². The van der Waals surface area contributed by atoms with Gasteiger partial charge in [0.25, 0.3) is 0 Å². The Labute approximate surface area is 191 Å². The average molecular weight is 443 g/mol. The minimum atomic E-state index is -0.228. The topological polar surface area (TPSA) is 42.0 Å². The van der Waals surface area contributed by atoms with E-state index in [9.17, 15) is 9.18 Å². The van der Waals surface area contributed by atoms with E-state index in [1.54, 1.807) is 21.1 Å². The number of hydrogen-bond donors (Lipinski definition) is 0. The molecule has 0 N–H and O–H groups in total. The number of carbonyl (C=O) groups is 1. The maximum Gasteiger partial charge on any atom is 0.219 e. The molecule has 0 spiro atoms. The molecule has 174 valence electrons. The van der Waals surface area contributed by atoms with E-state index in [0.717, 1.165) is 48.8 Å². The van der Waals surface area contributed by atoms with Gasteiger partial charge in [0.2, 0.25) is 5.91 Å². The zero-order chi connectivity index (χ0) is 23.3. The molecule has 6 heteroatoms. The minimum absolute atomic E-state index is 0.104. The lowest BCUT2D eigenvalue weighted by molar-refractivity contribution is -0.130. The van der Waals surface area contributed by atoms with Crippen molar-refractivity contribution in [3.63, 3.8) is 0 Å². The van der Waals surface area contributed by atoms with Crippen LogP contribution >= 0.6 is 0 Å². The van der Waals surface area contributed by atoms with E-state index in [2.05, 4.69) is 18.7 Å². The highest BCUT2D eigenvalue weighted by atomic mass is 19.1. The lowest BCUT2D eigenvalue weighted by Crippen LogP contribution is -2.38. The SMILES string of the molecule is COc1cc(CN2CC(CN(CC(C)C)C(C)=O)C(c3ccc(F)cc3)C2)cc(OC)c1. The Morgan fingerprint density at radius 3 is 2.25 bits per heavy atom. The average Bonchev–Trinajstić information content (AvgIpc) is 3.15. The third-order valence-electron chi connectivity index (χ3n) is 6.12. The molecule has 32 heavy (non-hydrogen) atoms. The number of carbonyl (C=O) groups excluding carboxylic acids is 1. The van der Waals surface area contributed by atoms with E-state index in [0.29, 0.717) is 12.5 Å². The molecule has 0 saturated carbocycles.